The lowest BCUT2D eigenvalue weighted by Gasteiger charge is -2.39. The molecule has 3 rings (SSSR count). The third-order valence-electron chi connectivity index (χ3n) is 5.69. The van der Waals surface area contributed by atoms with Crippen molar-refractivity contribution in [2.24, 2.45) is 4.99 Å². The van der Waals surface area contributed by atoms with Gasteiger partial charge in [-0.1, -0.05) is 0 Å². The number of carbonyl (C=O) groups is 1. The molecule has 2 saturated heterocycles. The number of nitrogens with zero attached hydrogens (tertiary/aromatic N) is 5. The molecule has 8 heteroatoms. The van der Waals surface area contributed by atoms with E-state index in [0.717, 1.165) is 70.2 Å². The second-order valence-electron chi connectivity index (χ2n) is 7.61. The first-order valence-corrected chi connectivity index (χ1v) is 10.7. The van der Waals surface area contributed by atoms with Gasteiger partial charge in [0.15, 0.2) is 5.96 Å². The Bertz CT molecular complexity index is 696. The van der Waals surface area contributed by atoms with E-state index in [4.69, 9.17) is 9.73 Å². The average Bonchev–Trinajstić information content (AvgIpc) is 3.31. The van der Waals surface area contributed by atoms with Crippen molar-refractivity contribution in [3.63, 3.8) is 0 Å². The van der Waals surface area contributed by atoms with Crippen LogP contribution in [0.4, 0.5) is 0 Å². The summed E-state index contributed by atoms with van der Waals surface area (Å²) >= 11 is 0. The van der Waals surface area contributed by atoms with Gasteiger partial charge in [0.1, 0.15) is 0 Å². The first-order chi connectivity index (χ1) is 14.1. The number of carbonyl (C=O) groups excluding carboxylic acids is 1. The van der Waals surface area contributed by atoms with Gasteiger partial charge in [-0.05, 0) is 38.3 Å². The number of hydrogen-bond donors (Lipinski definition) is 1. The summed E-state index contributed by atoms with van der Waals surface area (Å²) in [6, 6.07) is 3.83. The molecule has 1 aromatic rings. The fourth-order valence-electron chi connectivity index (χ4n) is 3.93. The minimum absolute atomic E-state index is 0.0425. The van der Waals surface area contributed by atoms with Crippen LogP contribution in [0.2, 0.25) is 0 Å². The van der Waals surface area contributed by atoms with Gasteiger partial charge in [-0.15, -0.1) is 0 Å². The highest BCUT2D eigenvalue weighted by Crippen LogP contribution is 2.14. The van der Waals surface area contributed by atoms with E-state index in [9.17, 15) is 4.79 Å². The largest absolute Gasteiger partial charge is 0.481 e. The Kier molecular flexibility index (Phi) is 7.69. The number of rotatable bonds is 6. The number of pyridine rings is 1. The minimum atomic E-state index is -0.0425. The fourth-order valence-corrected chi connectivity index (χ4v) is 3.93. The highest BCUT2D eigenvalue weighted by molar-refractivity contribution is 5.82. The Morgan fingerprint density at radius 1 is 1.21 bits per heavy atom. The quantitative estimate of drug-likeness (QED) is 0.569. The highest BCUT2D eigenvalue weighted by Gasteiger charge is 2.30. The molecule has 0 saturated carbocycles. The van der Waals surface area contributed by atoms with Crippen LogP contribution in [-0.4, -0.2) is 90.5 Å². The summed E-state index contributed by atoms with van der Waals surface area (Å²) in [5.41, 5.74) is 1.07. The summed E-state index contributed by atoms with van der Waals surface area (Å²) in [7, 11) is 1.62. The zero-order valence-electron chi connectivity index (χ0n) is 17.9. The summed E-state index contributed by atoms with van der Waals surface area (Å²) in [4.78, 5) is 28.2. The molecule has 1 N–H and O–H groups in total. The molecule has 1 aromatic heterocycles. The van der Waals surface area contributed by atoms with Gasteiger partial charge in [-0.3, -0.25) is 9.69 Å². The lowest BCUT2D eigenvalue weighted by molar-refractivity contribution is -0.135. The first-order valence-electron chi connectivity index (χ1n) is 10.7. The highest BCUT2D eigenvalue weighted by atomic mass is 16.5. The molecule has 1 amide bonds. The summed E-state index contributed by atoms with van der Waals surface area (Å²) in [5.74, 6) is 1.80. The van der Waals surface area contributed by atoms with Gasteiger partial charge in [-0.25, -0.2) is 9.98 Å². The Hall–Kier alpha value is -2.35. The molecule has 3 heterocycles. The number of guanidine groups is 1. The topological polar surface area (TPSA) is 73.3 Å². The molecule has 0 aromatic carbocycles. The summed E-state index contributed by atoms with van der Waals surface area (Å²) in [6.45, 7) is 10.8. The number of likely N-dealkylation sites (tertiary alicyclic amines) is 1. The fraction of sp³-hybridized carbons (Fsp3) is 0.667. The lowest BCUT2D eigenvalue weighted by Crippen LogP contribution is -2.57. The van der Waals surface area contributed by atoms with Crippen LogP contribution in [0.3, 0.4) is 0 Å². The Morgan fingerprint density at radius 2 is 1.93 bits per heavy atom. The van der Waals surface area contributed by atoms with Crippen LogP contribution in [0.15, 0.2) is 23.3 Å². The van der Waals surface area contributed by atoms with E-state index in [1.807, 2.05) is 24.0 Å². The molecule has 160 valence electrons. The van der Waals surface area contributed by atoms with E-state index < -0.39 is 0 Å². The van der Waals surface area contributed by atoms with Crippen molar-refractivity contribution >= 4 is 11.9 Å². The molecule has 8 nitrogen and oxygen atoms in total. The molecule has 1 atom stereocenters. The number of hydrogen-bond acceptors (Lipinski definition) is 5. The van der Waals surface area contributed by atoms with Crippen molar-refractivity contribution in [2.75, 3.05) is 52.9 Å². The minimum Gasteiger partial charge on any atom is -0.481 e. The van der Waals surface area contributed by atoms with E-state index in [0.29, 0.717) is 12.4 Å². The van der Waals surface area contributed by atoms with Gasteiger partial charge in [0, 0.05) is 58.1 Å². The van der Waals surface area contributed by atoms with Gasteiger partial charge in [0.25, 0.3) is 0 Å². The zero-order chi connectivity index (χ0) is 20.6. The van der Waals surface area contributed by atoms with Crippen molar-refractivity contribution in [1.29, 1.82) is 0 Å². The van der Waals surface area contributed by atoms with Crippen molar-refractivity contribution < 1.29 is 9.53 Å². The van der Waals surface area contributed by atoms with Gasteiger partial charge in [0.05, 0.1) is 19.7 Å². The van der Waals surface area contributed by atoms with Gasteiger partial charge in [0.2, 0.25) is 11.8 Å². The lowest BCUT2D eigenvalue weighted by atomic mass is 10.2. The number of methoxy groups -OCH3 is 1. The number of amides is 1. The standard InChI is InChI=1S/C21H34N6O2/c1-4-22-21(24-16-18-7-8-23-19(15-18)29-3)27-13-11-25(12-14-27)17(2)20(28)26-9-5-6-10-26/h7-8,15,17H,4-6,9-14,16H2,1-3H3,(H,22,24). The Morgan fingerprint density at radius 3 is 2.59 bits per heavy atom. The van der Waals surface area contributed by atoms with E-state index >= 15 is 0 Å². The Balaban J connectivity index is 1.56. The van der Waals surface area contributed by atoms with E-state index in [1.165, 1.54) is 0 Å². The summed E-state index contributed by atoms with van der Waals surface area (Å²) in [6.07, 6.45) is 4.02. The molecule has 1 unspecified atom stereocenters. The van der Waals surface area contributed by atoms with Crippen molar-refractivity contribution in [3.05, 3.63) is 23.9 Å². The van der Waals surface area contributed by atoms with E-state index in [1.54, 1.807) is 13.3 Å². The van der Waals surface area contributed by atoms with E-state index in [-0.39, 0.29) is 11.9 Å². The maximum absolute atomic E-state index is 12.7. The molecule has 2 fully saturated rings. The van der Waals surface area contributed by atoms with Crippen LogP contribution in [0.1, 0.15) is 32.3 Å². The number of aliphatic imine (C=N–C) groups is 1. The molecule has 0 bridgehead atoms. The number of piperazine rings is 1. The summed E-state index contributed by atoms with van der Waals surface area (Å²) < 4.78 is 5.19. The third-order valence-corrected chi connectivity index (χ3v) is 5.69. The number of nitrogens with one attached hydrogen (secondary N) is 1. The van der Waals surface area contributed by atoms with E-state index in [2.05, 4.69) is 27.0 Å². The predicted octanol–water partition coefficient (Wildman–Crippen LogP) is 1.18. The molecular formula is C21H34N6O2. The van der Waals surface area contributed by atoms with Gasteiger partial charge < -0.3 is 19.9 Å². The average molecular weight is 403 g/mol. The van der Waals surface area contributed by atoms with Crippen molar-refractivity contribution in [1.82, 2.24) is 25.0 Å². The zero-order valence-corrected chi connectivity index (χ0v) is 17.9. The Labute approximate surface area is 173 Å². The number of ether oxygens (including phenoxy) is 1. The molecular weight excluding hydrogens is 368 g/mol. The molecule has 29 heavy (non-hydrogen) atoms. The second kappa shape index (κ2) is 10.4. The molecule has 2 aliphatic rings. The molecule has 0 spiro atoms. The predicted molar refractivity (Wildman–Crippen MR) is 114 cm³/mol. The molecule has 0 aliphatic carbocycles. The van der Waals surface area contributed by atoms with Crippen LogP contribution in [0, 0.1) is 0 Å². The molecule has 0 radical (unpaired) electrons. The maximum Gasteiger partial charge on any atom is 0.239 e. The first kappa shape index (κ1) is 21.4. The van der Waals surface area contributed by atoms with Gasteiger partial charge >= 0.3 is 0 Å². The monoisotopic (exact) mass is 402 g/mol. The van der Waals surface area contributed by atoms with Gasteiger partial charge in [-0.2, -0.15) is 0 Å². The molecule has 2 aliphatic heterocycles. The summed E-state index contributed by atoms with van der Waals surface area (Å²) in [5, 5.41) is 3.40. The second-order valence-corrected chi connectivity index (χ2v) is 7.61. The van der Waals surface area contributed by atoms with Crippen LogP contribution in [-0.2, 0) is 11.3 Å². The van der Waals surface area contributed by atoms with Crippen LogP contribution in [0.5, 0.6) is 5.88 Å². The maximum atomic E-state index is 12.7. The normalized spacial score (nSPS) is 19.3. The van der Waals surface area contributed by atoms with Crippen LogP contribution >= 0.6 is 0 Å². The third kappa shape index (κ3) is 5.59. The smallest absolute Gasteiger partial charge is 0.239 e. The van der Waals surface area contributed by atoms with Crippen molar-refractivity contribution in [3.8, 4) is 5.88 Å². The SMILES string of the molecule is CCNC(=NCc1ccnc(OC)c1)N1CCN(C(C)C(=O)N2CCCC2)CC1. The van der Waals surface area contributed by atoms with Crippen LogP contribution < -0.4 is 10.1 Å². The van der Waals surface area contributed by atoms with Crippen LogP contribution in [0.25, 0.3) is 0 Å². The van der Waals surface area contributed by atoms with Crippen molar-refractivity contribution in [2.45, 2.75) is 39.3 Å². The number of aromatic nitrogens is 1.